The molecule has 0 saturated carbocycles. The van der Waals surface area contributed by atoms with Gasteiger partial charge in [0.1, 0.15) is 17.5 Å². The summed E-state index contributed by atoms with van der Waals surface area (Å²) in [4.78, 5) is 10.7. The molecule has 2 N–H and O–H groups in total. The Hall–Kier alpha value is -1.36. The molecular formula is C11H18N4O. The first-order valence-electron chi connectivity index (χ1n) is 5.46. The number of hydrogen-bond acceptors (Lipinski definition) is 5. The lowest BCUT2D eigenvalue weighted by Gasteiger charge is -2.38. The lowest BCUT2D eigenvalue weighted by atomic mass is 10.1. The maximum Gasteiger partial charge on any atom is 0.134 e. The van der Waals surface area contributed by atoms with E-state index in [4.69, 9.17) is 10.5 Å². The molecule has 1 aromatic rings. The van der Waals surface area contributed by atoms with Gasteiger partial charge < -0.3 is 15.4 Å². The number of aromatic nitrogens is 2. The number of nitrogens with two attached hydrogens (primary N) is 1. The van der Waals surface area contributed by atoms with Crippen molar-refractivity contribution in [1.82, 2.24) is 9.97 Å². The van der Waals surface area contributed by atoms with Gasteiger partial charge in [-0.1, -0.05) is 0 Å². The molecule has 1 fully saturated rings. The van der Waals surface area contributed by atoms with Crippen LogP contribution in [0.1, 0.15) is 19.7 Å². The lowest BCUT2D eigenvalue weighted by molar-refractivity contribution is -0.0279. The molecule has 1 aromatic heterocycles. The minimum absolute atomic E-state index is 0.133. The van der Waals surface area contributed by atoms with E-state index in [0.29, 0.717) is 11.6 Å². The summed E-state index contributed by atoms with van der Waals surface area (Å²) in [6.45, 7) is 8.40. The van der Waals surface area contributed by atoms with E-state index in [2.05, 4.69) is 28.7 Å². The van der Waals surface area contributed by atoms with Gasteiger partial charge in [-0.2, -0.15) is 0 Å². The highest BCUT2D eigenvalue weighted by molar-refractivity contribution is 5.47. The molecule has 0 aromatic carbocycles. The Kier molecular flexibility index (Phi) is 2.71. The number of nitrogen functional groups attached to an aromatic ring is 1. The van der Waals surface area contributed by atoms with E-state index in [1.165, 1.54) is 0 Å². The van der Waals surface area contributed by atoms with Crippen molar-refractivity contribution in [3.63, 3.8) is 0 Å². The number of rotatable bonds is 1. The van der Waals surface area contributed by atoms with Crippen molar-refractivity contribution in [2.45, 2.75) is 26.4 Å². The van der Waals surface area contributed by atoms with Gasteiger partial charge in [-0.3, -0.25) is 0 Å². The maximum atomic E-state index is 5.72. The molecular weight excluding hydrogens is 204 g/mol. The quantitative estimate of drug-likeness (QED) is 0.767. The van der Waals surface area contributed by atoms with Crippen LogP contribution in [0.2, 0.25) is 0 Å². The second-order valence-electron chi connectivity index (χ2n) is 4.73. The predicted molar refractivity (Wildman–Crippen MR) is 63.4 cm³/mol. The average molecular weight is 222 g/mol. The van der Waals surface area contributed by atoms with Gasteiger partial charge >= 0.3 is 0 Å². The average Bonchev–Trinajstić information content (AvgIpc) is 2.14. The summed E-state index contributed by atoms with van der Waals surface area (Å²) in [6, 6.07) is 1.81. The molecule has 0 spiro atoms. The predicted octanol–water partition coefficient (Wildman–Crippen LogP) is 0.982. The van der Waals surface area contributed by atoms with E-state index in [0.717, 1.165) is 25.5 Å². The summed E-state index contributed by atoms with van der Waals surface area (Å²) in [5.74, 6) is 2.12. The molecule has 1 saturated heterocycles. The van der Waals surface area contributed by atoms with Crippen LogP contribution in [-0.4, -0.2) is 35.3 Å². The van der Waals surface area contributed by atoms with Crippen LogP contribution < -0.4 is 10.6 Å². The van der Waals surface area contributed by atoms with Crippen LogP contribution in [0.15, 0.2) is 6.07 Å². The summed E-state index contributed by atoms with van der Waals surface area (Å²) in [5.41, 5.74) is 5.59. The third-order valence-corrected chi connectivity index (χ3v) is 2.59. The second kappa shape index (κ2) is 3.90. The number of morpholine rings is 1. The molecule has 0 bridgehead atoms. The molecule has 0 amide bonds. The van der Waals surface area contributed by atoms with E-state index in [9.17, 15) is 0 Å². The highest BCUT2D eigenvalue weighted by atomic mass is 16.5. The Morgan fingerprint density at radius 3 is 2.81 bits per heavy atom. The highest BCUT2D eigenvalue weighted by Gasteiger charge is 2.28. The lowest BCUT2D eigenvalue weighted by Crippen LogP contribution is -2.48. The van der Waals surface area contributed by atoms with Crippen molar-refractivity contribution in [3.05, 3.63) is 11.9 Å². The van der Waals surface area contributed by atoms with Crippen molar-refractivity contribution < 1.29 is 4.74 Å². The Labute approximate surface area is 95.6 Å². The summed E-state index contributed by atoms with van der Waals surface area (Å²) in [5, 5.41) is 0. The third-order valence-electron chi connectivity index (χ3n) is 2.59. The fourth-order valence-corrected chi connectivity index (χ4v) is 1.95. The molecule has 0 atom stereocenters. The number of anilines is 2. The van der Waals surface area contributed by atoms with Crippen molar-refractivity contribution in [1.29, 1.82) is 0 Å². The Morgan fingerprint density at radius 2 is 2.19 bits per heavy atom. The molecule has 1 aliphatic rings. The molecule has 16 heavy (non-hydrogen) atoms. The molecule has 88 valence electrons. The van der Waals surface area contributed by atoms with Crippen molar-refractivity contribution >= 4 is 11.6 Å². The fraction of sp³-hybridized carbons (Fsp3) is 0.636. The Morgan fingerprint density at radius 1 is 1.44 bits per heavy atom. The zero-order valence-corrected chi connectivity index (χ0v) is 10.0. The topological polar surface area (TPSA) is 64.3 Å². The largest absolute Gasteiger partial charge is 0.384 e. The Bertz CT molecular complexity index is 371. The van der Waals surface area contributed by atoms with E-state index in [1.807, 2.05) is 13.0 Å². The number of ether oxygens (including phenoxy) is 1. The van der Waals surface area contributed by atoms with Crippen LogP contribution in [0.5, 0.6) is 0 Å². The first-order chi connectivity index (χ1) is 7.46. The molecule has 0 radical (unpaired) electrons. The molecule has 2 rings (SSSR count). The number of aryl methyl sites for hydroxylation is 1. The molecule has 5 nitrogen and oxygen atoms in total. The molecule has 0 aliphatic carbocycles. The summed E-state index contributed by atoms with van der Waals surface area (Å²) in [7, 11) is 0. The van der Waals surface area contributed by atoms with Crippen molar-refractivity contribution in [2.24, 2.45) is 0 Å². The van der Waals surface area contributed by atoms with Gasteiger partial charge in [0.25, 0.3) is 0 Å². The summed E-state index contributed by atoms with van der Waals surface area (Å²) < 4.78 is 5.66. The summed E-state index contributed by atoms with van der Waals surface area (Å²) in [6.07, 6.45) is 0. The number of hydrogen-bond donors (Lipinski definition) is 1. The van der Waals surface area contributed by atoms with Crippen LogP contribution in [0, 0.1) is 6.92 Å². The van der Waals surface area contributed by atoms with Crippen LogP contribution in [0.4, 0.5) is 11.6 Å². The van der Waals surface area contributed by atoms with Crippen LogP contribution in [0.25, 0.3) is 0 Å². The standard InChI is InChI=1S/C11H18N4O/c1-8-13-9(12)6-10(14-8)15-4-5-16-11(2,3)7-15/h6H,4-5,7H2,1-3H3,(H2,12,13,14). The van der Waals surface area contributed by atoms with Crippen molar-refractivity contribution in [2.75, 3.05) is 30.3 Å². The molecule has 1 aliphatic heterocycles. The molecule has 2 heterocycles. The SMILES string of the molecule is Cc1nc(N)cc(N2CCOC(C)(C)C2)n1. The molecule has 0 unspecified atom stereocenters. The van der Waals surface area contributed by atoms with E-state index < -0.39 is 0 Å². The Balaban J connectivity index is 2.23. The van der Waals surface area contributed by atoms with Crippen LogP contribution in [-0.2, 0) is 4.74 Å². The third kappa shape index (κ3) is 2.41. The normalized spacial score (nSPS) is 19.8. The highest BCUT2D eigenvalue weighted by Crippen LogP contribution is 2.22. The van der Waals surface area contributed by atoms with Crippen molar-refractivity contribution in [3.8, 4) is 0 Å². The van der Waals surface area contributed by atoms with Gasteiger partial charge in [-0.25, -0.2) is 9.97 Å². The van der Waals surface area contributed by atoms with Gasteiger partial charge in [0.05, 0.1) is 12.2 Å². The minimum Gasteiger partial charge on any atom is -0.384 e. The molecule has 5 heteroatoms. The second-order valence-corrected chi connectivity index (χ2v) is 4.73. The fourth-order valence-electron chi connectivity index (χ4n) is 1.95. The van der Waals surface area contributed by atoms with E-state index in [-0.39, 0.29) is 5.60 Å². The zero-order valence-electron chi connectivity index (χ0n) is 10.0. The monoisotopic (exact) mass is 222 g/mol. The smallest absolute Gasteiger partial charge is 0.134 e. The first-order valence-corrected chi connectivity index (χ1v) is 5.46. The summed E-state index contributed by atoms with van der Waals surface area (Å²) >= 11 is 0. The van der Waals surface area contributed by atoms with Gasteiger partial charge in [0, 0.05) is 19.2 Å². The minimum atomic E-state index is -0.133. The van der Waals surface area contributed by atoms with E-state index >= 15 is 0 Å². The zero-order chi connectivity index (χ0) is 11.8. The maximum absolute atomic E-state index is 5.72. The van der Waals surface area contributed by atoms with Gasteiger partial charge in [-0.05, 0) is 20.8 Å². The van der Waals surface area contributed by atoms with Gasteiger partial charge in [0.15, 0.2) is 0 Å². The van der Waals surface area contributed by atoms with Crippen LogP contribution in [0.3, 0.4) is 0 Å². The van der Waals surface area contributed by atoms with E-state index in [1.54, 1.807) is 0 Å². The number of nitrogens with zero attached hydrogens (tertiary/aromatic N) is 3. The first kappa shape index (κ1) is 11.1. The van der Waals surface area contributed by atoms with Crippen LogP contribution >= 0.6 is 0 Å². The van der Waals surface area contributed by atoms with Gasteiger partial charge in [0.2, 0.25) is 0 Å². The van der Waals surface area contributed by atoms with Gasteiger partial charge in [-0.15, -0.1) is 0 Å².